The van der Waals surface area contributed by atoms with E-state index in [1.165, 1.54) is 28.8 Å². The van der Waals surface area contributed by atoms with Crippen molar-refractivity contribution in [2.75, 3.05) is 23.7 Å². The third-order valence-corrected chi connectivity index (χ3v) is 6.95. The summed E-state index contributed by atoms with van der Waals surface area (Å²) >= 11 is 1.37. The molecule has 2 aliphatic heterocycles. The van der Waals surface area contributed by atoms with E-state index in [2.05, 4.69) is 20.5 Å². The zero-order valence-electron chi connectivity index (χ0n) is 19.0. The lowest BCUT2D eigenvalue weighted by Gasteiger charge is -2.27. The highest BCUT2D eigenvalue weighted by atomic mass is 32.2. The summed E-state index contributed by atoms with van der Waals surface area (Å²) in [6.07, 6.45) is 5.02. The van der Waals surface area contributed by atoms with Crippen molar-refractivity contribution in [1.29, 1.82) is 0 Å². The molecule has 1 aromatic carbocycles. The number of carbonyl (C=O) groups excluding carboxylic acids is 3. The number of aliphatic imine (C=N–C) groups is 1. The molecule has 9 nitrogen and oxygen atoms in total. The van der Waals surface area contributed by atoms with Crippen molar-refractivity contribution >= 4 is 46.0 Å². The fraction of sp³-hybridized carbons (Fsp3) is 0.375. The molecule has 1 fully saturated rings. The topological polar surface area (TPSA) is 113 Å². The average Bonchev–Trinajstić information content (AvgIpc) is 3.21. The molecule has 2 aliphatic rings. The number of nitrogens with zero attached hydrogens (tertiary/aromatic N) is 3. The summed E-state index contributed by atoms with van der Waals surface area (Å²) in [6.45, 7) is 4.16. The minimum absolute atomic E-state index is 0.0414. The van der Waals surface area contributed by atoms with Crippen molar-refractivity contribution in [2.45, 2.75) is 44.4 Å². The lowest BCUT2D eigenvalue weighted by atomic mass is 10.1. The highest BCUT2D eigenvalue weighted by Gasteiger charge is 2.33. The number of aromatic nitrogens is 1. The van der Waals surface area contributed by atoms with Gasteiger partial charge in [-0.2, -0.15) is 4.99 Å². The van der Waals surface area contributed by atoms with Crippen LogP contribution in [0.4, 0.5) is 11.4 Å². The Balaban J connectivity index is 1.29. The molecule has 0 spiro atoms. The van der Waals surface area contributed by atoms with Gasteiger partial charge in [0.05, 0.1) is 5.69 Å². The molecule has 0 saturated carbocycles. The van der Waals surface area contributed by atoms with Crippen LogP contribution in [0.5, 0.6) is 0 Å². The number of piperidine rings is 1. The van der Waals surface area contributed by atoms with Crippen molar-refractivity contribution in [3.05, 3.63) is 58.5 Å². The van der Waals surface area contributed by atoms with Gasteiger partial charge in [0.15, 0.2) is 5.17 Å². The maximum atomic E-state index is 12.5. The zero-order chi connectivity index (χ0) is 24.1. The van der Waals surface area contributed by atoms with Crippen molar-refractivity contribution in [3.63, 3.8) is 0 Å². The minimum atomic E-state index is -0.506. The van der Waals surface area contributed by atoms with Crippen LogP contribution in [0.25, 0.3) is 0 Å². The van der Waals surface area contributed by atoms with Crippen LogP contribution in [0.1, 0.15) is 43.0 Å². The monoisotopic (exact) mass is 481 g/mol. The average molecular weight is 482 g/mol. The quantitative estimate of drug-likeness (QED) is 0.656. The second kappa shape index (κ2) is 10.7. The van der Waals surface area contributed by atoms with Gasteiger partial charge in [-0.05, 0) is 56.5 Å². The molecule has 1 unspecified atom stereocenters. The smallest absolute Gasteiger partial charge is 0.262 e. The molecule has 2 aromatic rings. The van der Waals surface area contributed by atoms with E-state index < -0.39 is 5.25 Å². The Morgan fingerprint density at radius 1 is 1.00 bits per heavy atom. The lowest BCUT2D eigenvalue weighted by Crippen LogP contribution is -2.33. The SMILES string of the molecule is CCn1cc(NC(=O)c2ccc(NC(=O)CC3SC(N4CCCCC4)=NC3=O)cc2)ccc1=O. The molecule has 1 aromatic heterocycles. The molecule has 3 amide bonds. The fourth-order valence-corrected chi connectivity index (χ4v) is 4.99. The first-order valence-electron chi connectivity index (χ1n) is 11.4. The summed E-state index contributed by atoms with van der Waals surface area (Å²) in [5, 5.41) is 5.77. The summed E-state index contributed by atoms with van der Waals surface area (Å²) in [5.41, 5.74) is 1.34. The van der Waals surface area contributed by atoms with E-state index in [-0.39, 0.29) is 29.7 Å². The molecule has 1 atom stereocenters. The summed E-state index contributed by atoms with van der Waals surface area (Å²) in [5.74, 6) is -0.864. The highest BCUT2D eigenvalue weighted by Crippen LogP contribution is 2.29. The summed E-state index contributed by atoms with van der Waals surface area (Å²) in [4.78, 5) is 55.3. The molecule has 0 bridgehead atoms. The number of likely N-dealkylation sites (tertiary alicyclic amines) is 1. The van der Waals surface area contributed by atoms with Gasteiger partial charge in [0, 0.05) is 49.6 Å². The molecule has 178 valence electrons. The number of carbonyl (C=O) groups is 3. The number of anilines is 2. The van der Waals surface area contributed by atoms with Crippen molar-refractivity contribution < 1.29 is 14.4 Å². The normalized spacial score (nSPS) is 17.9. The molecular weight excluding hydrogens is 454 g/mol. The van der Waals surface area contributed by atoms with Crippen LogP contribution < -0.4 is 16.2 Å². The van der Waals surface area contributed by atoms with Crippen molar-refractivity contribution in [2.24, 2.45) is 4.99 Å². The first kappa shape index (κ1) is 23.7. The van der Waals surface area contributed by atoms with Gasteiger partial charge in [0.2, 0.25) is 5.91 Å². The van der Waals surface area contributed by atoms with Crippen LogP contribution in [-0.2, 0) is 16.1 Å². The number of amides is 3. The number of thioether (sulfide) groups is 1. The van der Waals surface area contributed by atoms with Crippen LogP contribution in [0.2, 0.25) is 0 Å². The maximum Gasteiger partial charge on any atom is 0.262 e. The molecule has 2 N–H and O–H groups in total. The fourth-order valence-electron chi connectivity index (χ4n) is 3.87. The Hall–Kier alpha value is -3.40. The Morgan fingerprint density at radius 2 is 1.71 bits per heavy atom. The molecule has 3 heterocycles. The molecule has 34 heavy (non-hydrogen) atoms. The summed E-state index contributed by atoms with van der Waals surface area (Å²) in [6, 6.07) is 9.45. The number of hydrogen-bond donors (Lipinski definition) is 2. The standard InChI is InChI=1S/C24H27N5O4S/c1-2-28-15-18(10-11-21(28)31)26-22(32)16-6-8-17(9-7-16)25-20(30)14-19-23(33)27-24(34-19)29-12-4-3-5-13-29/h6-11,15,19H,2-5,12-14H2,1H3,(H,25,30)(H,26,32). The predicted octanol–water partition coefficient (Wildman–Crippen LogP) is 2.93. The van der Waals surface area contributed by atoms with Crippen molar-refractivity contribution in [3.8, 4) is 0 Å². The van der Waals surface area contributed by atoms with Gasteiger partial charge >= 0.3 is 0 Å². The van der Waals surface area contributed by atoms with E-state index in [9.17, 15) is 19.2 Å². The Morgan fingerprint density at radius 3 is 2.41 bits per heavy atom. The molecule has 0 radical (unpaired) electrons. The number of benzene rings is 1. The highest BCUT2D eigenvalue weighted by molar-refractivity contribution is 8.15. The Labute approximate surface area is 201 Å². The molecule has 10 heteroatoms. The largest absolute Gasteiger partial charge is 0.351 e. The van der Waals surface area contributed by atoms with E-state index in [1.807, 2.05) is 6.92 Å². The molecular formula is C24H27N5O4S. The second-order valence-electron chi connectivity index (χ2n) is 8.21. The van der Waals surface area contributed by atoms with Gasteiger partial charge < -0.3 is 20.1 Å². The number of nitrogens with one attached hydrogen (secondary N) is 2. The molecule has 0 aliphatic carbocycles. The first-order valence-corrected chi connectivity index (χ1v) is 12.3. The minimum Gasteiger partial charge on any atom is -0.351 e. The lowest BCUT2D eigenvalue weighted by molar-refractivity contribution is -0.121. The first-order chi connectivity index (χ1) is 16.4. The Bertz CT molecular complexity index is 1170. The number of amidine groups is 1. The molecule has 1 saturated heterocycles. The zero-order valence-corrected chi connectivity index (χ0v) is 19.8. The molecule has 4 rings (SSSR count). The number of aryl methyl sites for hydroxylation is 1. The van der Waals surface area contributed by atoms with E-state index in [1.54, 1.807) is 36.5 Å². The van der Waals surface area contributed by atoms with Gasteiger partial charge in [0.25, 0.3) is 17.4 Å². The number of rotatable bonds is 6. The van der Waals surface area contributed by atoms with Gasteiger partial charge in [-0.15, -0.1) is 0 Å². The van der Waals surface area contributed by atoms with E-state index in [4.69, 9.17) is 0 Å². The van der Waals surface area contributed by atoms with Gasteiger partial charge in [-0.25, -0.2) is 0 Å². The van der Waals surface area contributed by atoms with Crippen LogP contribution >= 0.6 is 11.8 Å². The number of hydrogen-bond acceptors (Lipinski definition) is 6. The van der Waals surface area contributed by atoms with Crippen molar-refractivity contribution in [1.82, 2.24) is 9.47 Å². The van der Waals surface area contributed by atoms with E-state index >= 15 is 0 Å². The van der Waals surface area contributed by atoms with Gasteiger partial charge in [-0.3, -0.25) is 19.2 Å². The predicted molar refractivity (Wildman–Crippen MR) is 133 cm³/mol. The Kier molecular flexibility index (Phi) is 7.46. The second-order valence-corrected chi connectivity index (χ2v) is 9.38. The maximum absolute atomic E-state index is 12.5. The van der Waals surface area contributed by atoms with Crippen LogP contribution in [0.15, 0.2) is 52.4 Å². The summed E-state index contributed by atoms with van der Waals surface area (Å²) < 4.78 is 1.50. The van der Waals surface area contributed by atoms with Crippen LogP contribution in [0, 0.1) is 0 Å². The van der Waals surface area contributed by atoms with E-state index in [0.29, 0.717) is 23.5 Å². The van der Waals surface area contributed by atoms with E-state index in [0.717, 1.165) is 31.1 Å². The third kappa shape index (κ3) is 5.74. The van der Waals surface area contributed by atoms with Crippen LogP contribution in [0.3, 0.4) is 0 Å². The van der Waals surface area contributed by atoms with Gasteiger partial charge in [-0.1, -0.05) is 11.8 Å². The number of pyridine rings is 1. The van der Waals surface area contributed by atoms with Crippen LogP contribution in [-0.4, -0.2) is 50.7 Å². The summed E-state index contributed by atoms with van der Waals surface area (Å²) in [7, 11) is 0. The third-order valence-electron chi connectivity index (χ3n) is 5.74. The van der Waals surface area contributed by atoms with Gasteiger partial charge in [0.1, 0.15) is 5.25 Å².